The van der Waals surface area contributed by atoms with E-state index in [-0.39, 0.29) is 34.2 Å². The highest BCUT2D eigenvalue weighted by atomic mass is 16.5. The lowest BCUT2D eigenvalue weighted by atomic mass is 9.92. The summed E-state index contributed by atoms with van der Waals surface area (Å²) in [5.74, 6) is 0.0498. The average molecular weight is 400 g/mol. The van der Waals surface area contributed by atoms with Crippen molar-refractivity contribution < 1.29 is 9.53 Å². The minimum Gasteiger partial charge on any atom is -0.496 e. The number of ether oxygens (including phenoxy) is 1. The first kappa shape index (κ1) is 20.8. The van der Waals surface area contributed by atoms with Gasteiger partial charge < -0.3 is 14.2 Å². The Morgan fingerprint density at radius 1 is 1.24 bits per heavy atom. The lowest BCUT2D eigenvalue weighted by molar-refractivity contribution is 0.0715. The van der Waals surface area contributed by atoms with Gasteiger partial charge in [0.1, 0.15) is 5.75 Å². The zero-order valence-electron chi connectivity index (χ0n) is 17.6. The van der Waals surface area contributed by atoms with Gasteiger partial charge in [0, 0.05) is 37.3 Å². The molecule has 0 saturated carbocycles. The van der Waals surface area contributed by atoms with Gasteiger partial charge in [0.2, 0.25) is 0 Å². The lowest BCUT2D eigenvalue weighted by Crippen LogP contribution is -2.41. The zero-order chi connectivity index (χ0) is 21.3. The second-order valence-electron chi connectivity index (χ2n) is 8.49. The fourth-order valence-electron chi connectivity index (χ4n) is 3.57. The van der Waals surface area contributed by atoms with Crippen molar-refractivity contribution in [2.75, 3.05) is 13.7 Å². The molecule has 1 atom stereocenters. The summed E-state index contributed by atoms with van der Waals surface area (Å²) in [6, 6.07) is 4.46. The Morgan fingerprint density at radius 3 is 2.62 bits per heavy atom. The second kappa shape index (κ2) is 7.85. The summed E-state index contributed by atoms with van der Waals surface area (Å²) in [7, 11) is 3.04. The number of methoxy groups -OCH3 is 1. The summed E-state index contributed by atoms with van der Waals surface area (Å²) in [4.78, 5) is 39.2. The first-order chi connectivity index (χ1) is 13.6. The number of hydrogen-bond acceptors (Lipinski definition) is 5. The minimum absolute atomic E-state index is 0.148. The number of aromatic nitrogens is 3. The molecule has 1 amide bonds. The predicted octanol–water partition coefficient (Wildman–Crippen LogP) is 1.55. The molecule has 8 heteroatoms. The van der Waals surface area contributed by atoms with E-state index < -0.39 is 0 Å². The number of hydrogen-bond donors (Lipinski definition) is 0. The van der Waals surface area contributed by atoms with Crippen LogP contribution in [0.3, 0.4) is 0 Å². The molecule has 2 aromatic rings. The van der Waals surface area contributed by atoms with Crippen LogP contribution in [0.15, 0.2) is 34.0 Å². The Kier molecular flexibility index (Phi) is 5.64. The van der Waals surface area contributed by atoms with Crippen molar-refractivity contribution in [2.24, 2.45) is 7.05 Å². The highest BCUT2D eigenvalue weighted by molar-refractivity contribution is 5.97. The van der Waals surface area contributed by atoms with Crippen molar-refractivity contribution in [3.63, 3.8) is 0 Å². The number of rotatable bonds is 4. The van der Waals surface area contributed by atoms with E-state index in [2.05, 4.69) is 5.10 Å². The van der Waals surface area contributed by atoms with E-state index in [9.17, 15) is 14.4 Å². The van der Waals surface area contributed by atoms with E-state index in [0.717, 1.165) is 18.5 Å². The minimum atomic E-state index is -0.244. The Bertz CT molecular complexity index is 1030. The van der Waals surface area contributed by atoms with Crippen molar-refractivity contribution in [3.05, 3.63) is 56.4 Å². The third kappa shape index (κ3) is 4.26. The molecule has 1 saturated heterocycles. The standard InChI is InChI=1S/C21H28N4O4/c1-21(2,3)17-8-9-18(26)25(22-17)12-14-7-6-10-24(14)20(28)15-13-23(4)19(27)11-16(15)29-5/h8-9,11,13-14H,6-7,10,12H2,1-5H3. The summed E-state index contributed by atoms with van der Waals surface area (Å²) in [5, 5.41) is 4.53. The van der Waals surface area contributed by atoms with Gasteiger partial charge >= 0.3 is 0 Å². The van der Waals surface area contributed by atoms with Crippen LogP contribution >= 0.6 is 0 Å². The molecule has 0 radical (unpaired) electrons. The maximum absolute atomic E-state index is 13.2. The number of carbonyl (C=O) groups is 1. The van der Waals surface area contributed by atoms with Gasteiger partial charge in [-0.25, -0.2) is 4.68 Å². The Labute approximate surface area is 169 Å². The van der Waals surface area contributed by atoms with E-state index in [0.29, 0.717) is 18.7 Å². The molecule has 0 aliphatic carbocycles. The third-order valence-electron chi connectivity index (χ3n) is 5.30. The smallest absolute Gasteiger partial charge is 0.266 e. The molecule has 0 spiro atoms. The summed E-state index contributed by atoms with van der Waals surface area (Å²) < 4.78 is 8.07. The molecular formula is C21H28N4O4. The van der Waals surface area contributed by atoms with Gasteiger partial charge in [-0.2, -0.15) is 5.10 Å². The number of amides is 1. The van der Waals surface area contributed by atoms with Crippen LogP contribution in [0.2, 0.25) is 0 Å². The average Bonchev–Trinajstić information content (AvgIpc) is 3.12. The van der Waals surface area contributed by atoms with Crippen LogP contribution in [0.25, 0.3) is 0 Å². The summed E-state index contributed by atoms with van der Waals surface area (Å²) in [5.41, 5.74) is 0.559. The van der Waals surface area contributed by atoms with Gasteiger partial charge in [-0.05, 0) is 18.9 Å². The van der Waals surface area contributed by atoms with E-state index >= 15 is 0 Å². The largest absolute Gasteiger partial charge is 0.496 e. The quantitative estimate of drug-likeness (QED) is 0.777. The van der Waals surface area contributed by atoms with Crippen molar-refractivity contribution in [2.45, 2.75) is 51.6 Å². The number of aryl methyl sites for hydroxylation is 1. The van der Waals surface area contributed by atoms with Gasteiger partial charge in [0.15, 0.2) is 0 Å². The molecule has 156 valence electrons. The van der Waals surface area contributed by atoms with Crippen LogP contribution in [-0.4, -0.2) is 44.9 Å². The first-order valence-electron chi connectivity index (χ1n) is 9.76. The van der Waals surface area contributed by atoms with Gasteiger partial charge in [0.25, 0.3) is 17.0 Å². The van der Waals surface area contributed by atoms with E-state index in [1.54, 1.807) is 18.0 Å². The van der Waals surface area contributed by atoms with Crippen LogP contribution in [0.4, 0.5) is 0 Å². The molecule has 1 fully saturated rings. The molecule has 29 heavy (non-hydrogen) atoms. The van der Waals surface area contributed by atoms with Crippen molar-refractivity contribution >= 4 is 5.91 Å². The van der Waals surface area contributed by atoms with Gasteiger partial charge in [0.05, 0.1) is 31.0 Å². The molecular weight excluding hydrogens is 372 g/mol. The molecule has 3 heterocycles. The summed E-state index contributed by atoms with van der Waals surface area (Å²) in [6.45, 7) is 7.05. The second-order valence-corrected chi connectivity index (χ2v) is 8.49. The molecule has 3 rings (SSSR count). The van der Waals surface area contributed by atoms with Crippen LogP contribution < -0.4 is 15.9 Å². The summed E-state index contributed by atoms with van der Waals surface area (Å²) in [6.07, 6.45) is 3.13. The molecule has 1 aliphatic rings. The fraction of sp³-hybridized carbons (Fsp3) is 0.524. The SMILES string of the molecule is COc1cc(=O)n(C)cc1C(=O)N1CCCC1Cn1nc(C(C)(C)C)ccc1=O. The number of likely N-dealkylation sites (tertiary alicyclic amines) is 1. The number of pyridine rings is 1. The number of nitrogens with zero attached hydrogens (tertiary/aromatic N) is 4. The van der Waals surface area contributed by atoms with Crippen molar-refractivity contribution in [1.82, 2.24) is 19.2 Å². The molecule has 0 N–H and O–H groups in total. The Hall–Kier alpha value is -2.90. The number of carbonyl (C=O) groups excluding carboxylic acids is 1. The van der Waals surface area contributed by atoms with Gasteiger partial charge in [-0.15, -0.1) is 0 Å². The van der Waals surface area contributed by atoms with Crippen LogP contribution in [0.5, 0.6) is 5.75 Å². The van der Waals surface area contributed by atoms with Crippen molar-refractivity contribution in [1.29, 1.82) is 0 Å². The molecule has 0 bridgehead atoms. The maximum Gasteiger partial charge on any atom is 0.266 e. The Morgan fingerprint density at radius 2 is 1.97 bits per heavy atom. The van der Waals surface area contributed by atoms with Gasteiger partial charge in [-0.1, -0.05) is 20.8 Å². The normalized spacial score (nSPS) is 16.9. The van der Waals surface area contributed by atoms with E-state index in [1.807, 2.05) is 20.8 Å². The first-order valence-corrected chi connectivity index (χ1v) is 9.76. The van der Waals surface area contributed by atoms with Gasteiger partial charge in [-0.3, -0.25) is 14.4 Å². The zero-order valence-corrected chi connectivity index (χ0v) is 17.6. The van der Waals surface area contributed by atoms with Crippen LogP contribution in [0.1, 0.15) is 49.7 Å². The fourth-order valence-corrected chi connectivity index (χ4v) is 3.57. The molecule has 8 nitrogen and oxygen atoms in total. The molecule has 1 unspecified atom stereocenters. The highest BCUT2D eigenvalue weighted by Gasteiger charge is 2.32. The monoisotopic (exact) mass is 400 g/mol. The van der Waals surface area contributed by atoms with Crippen LogP contribution in [-0.2, 0) is 19.0 Å². The van der Waals surface area contributed by atoms with E-state index in [4.69, 9.17) is 4.74 Å². The predicted molar refractivity (Wildman–Crippen MR) is 109 cm³/mol. The molecule has 1 aliphatic heterocycles. The highest BCUT2D eigenvalue weighted by Crippen LogP contribution is 2.25. The molecule has 2 aromatic heterocycles. The summed E-state index contributed by atoms with van der Waals surface area (Å²) >= 11 is 0. The van der Waals surface area contributed by atoms with E-state index in [1.165, 1.54) is 34.7 Å². The van der Waals surface area contributed by atoms with Crippen LogP contribution in [0, 0.1) is 0 Å². The third-order valence-corrected chi connectivity index (χ3v) is 5.30. The molecule has 0 aromatic carbocycles. The topological polar surface area (TPSA) is 86.4 Å². The lowest BCUT2D eigenvalue weighted by Gasteiger charge is -2.26. The van der Waals surface area contributed by atoms with Crippen molar-refractivity contribution in [3.8, 4) is 5.75 Å². The Balaban J connectivity index is 1.90. The maximum atomic E-state index is 13.2.